The van der Waals surface area contributed by atoms with Crippen LogP contribution < -0.4 is 0 Å². The van der Waals surface area contributed by atoms with Crippen molar-refractivity contribution in [2.24, 2.45) is 0 Å². The largest absolute Gasteiger partial charge is 0.472 e. The molecule has 13 heteroatoms. The van der Waals surface area contributed by atoms with E-state index in [0.717, 1.165) is 6.42 Å². The van der Waals surface area contributed by atoms with Gasteiger partial charge in [0.15, 0.2) is 0 Å². The van der Waals surface area contributed by atoms with E-state index in [-0.39, 0.29) is 12.3 Å². The number of aryl methyl sites for hydroxylation is 1. The lowest BCUT2D eigenvalue weighted by Gasteiger charge is -2.24. The number of unbranched alkanes of at least 4 members (excludes halogenated alkanes) is 12. The number of ether oxygens (including phenoxy) is 2. The van der Waals surface area contributed by atoms with Gasteiger partial charge in [-0.25, -0.2) is 14.1 Å². The van der Waals surface area contributed by atoms with E-state index < -0.39 is 38.3 Å². The zero-order chi connectivity index (χ0) is 31.8. The minimum Gasteiger partial charge on any atom is -0.387 e. The van der Waals surface area contributed by atoms with Crippen LogP contribution in [0.4, 0.5) is 0 Å². The van der Waals surface area contributed by atoms with Crippen LogP contribution in [0.2, 0.25) is 0 Å². The molecule has 1 fully saturated rings. The Morgan fingerprint density at radius 1 is 0.955 bits per heavy atom. The molecule has 2 aromatic rings. The number of phosphoric acid groups is 1. The molecule has 3 rings (SSSR count). The van der Waals surface area contributed by atoms with Crippen LogP contribution in [0.1, 0.15) is 108 Å². The summed E-state index contributed by atoms with van der Waals surface area (Å²) in [7, 11) is -4.46. The third kappa shape index (κ3) is 10.6. The smallest absolute Gasteiger partial charge is 0.387 e. The van der Waals surface area contributed by atoms with Crippen molar-refractivity contribution in [2.75, 3.05) is 26.4 Å². The second kappa shape index (κ2) is 18.9. The van der Waals surface area contributed by atoms with Crippen LogP contribution in [0.15, 0.2) is 18.5 Å². The molecule has 3 N–H and O–H groups in total. The monoisotopic (exact) mass is 638 g/mol. The molecule has 248 valence electrons. The summed E-state index contributed by atoms with van der Waals surface area (Å²) in [4.78, 5) is 14.2. The van der Waals surface area contributed by atoms with Crippen LogP contribution in [-0.4, -0.2) is 74.4 Å². The Balaban J connectivity index is 1.25. The summed E-state index contributed by atoms with van der Waals surface area (Å²) in [6.07, 6.45) is 13.6. The molecule has 12 nitrogen and oxygen atoms in total. The van der Waals surface area contributed by atoms with E-state index in [1.54, 1.807) is 19.1 Å². The lowest BCUT2D eigenvalue weighted by atomic mass is 9.92. The average molecular weight is 639 g/mol. The molecule has 3 heterocycles. The highest BCUT2D eigenvalue weighted by molar-refractivity contribution is 7.47. The van der Waals surface area contributed by atoms with Crippen LogP contribution in [-0.2, 0) is 28.7 Å². The van der Waals surface area contributed by atoms with Gasteiger partial charge in [0, 0.05) is 13.2 Å². The normalized spacial score (nSPS) is 23.2. The van der Waals surface area contributed by atoms with Gasteiger partial charge in [-0.2, -0.15) is 10.4 Å². The second-order valence-electron chi connectivity index (χ2n) is 11.6. The van der Waals surface area contributed by atoms with Gasteiger partial charge < -0.3 is 24.6 Å². The van der Waals surface area contributed by atoms with E-state index in [4.69, 9.17) is 18.5 Å². The zero-order valence-electron chi connectivity index (χ0n) is 26.3. The zero-order valence-corrected chi connectivity index (χ0v) is 27.2. The highest BCUT2D eigenvalue weighted by Gasteiger charge is 2.57. The molecule has 2 aromatic heterocycles. The fourth-order valence-electron chi connectivity index (χ4n) is 5.49. The van der Waals surface area contributed by atoms with Gasteiger partial charge in [-0.3, -0.25) is 9.05 Å². The van der Waals surface area contributed by atoms with Gasteiger partial charge in [-0.05, 0) is 38.3 Å². The number of nitrogens with zero attached hydrogens (tertiary/aromatic N) is 4. The first-order chi connectivity index (χ1) is 21.3. The third-order valence-corrected chi connectivity index (χ3v) is 9.12. The molecule has 1 aliphatic heterocycles. The highest BCUT2D eigenvalue weighted by Crippen LogP contribution is 2.46. The first-order valence-electron chi connectivity index (χ1n) is 16.2. The molecule has 0 spiro atoms. The van der Waals surface area contributed by atoms with Crippen molar-refractivity contribution in [3.05, 3.63) is 29.8 Å². The van der Waals surface area contributed by atoms with E-state index in [1.165, 1.54) is 81.5 Å². The molecule has 1 unspecified atom stereocenters. The first-order valence-corrected chi connectivity index (χ1v) is 17.7. The minimum atomic E-state index is -4.46. The number of aliphatic hydroxyl groups is 2. The van der Waals surface area contributed by atoms with E-state index in [9.17, 15) is 24.9 Å². The molecule has 5 atom stereocenters. The van der Waals surface area contributed by atoms with Gasteiger partial charge in [0.2, 0.25) is 5.60 Å². The number of aromatic nitrogens is 3. The molecule has 0 aromatic carbocycles. The molecule has 0 saturated carbocycles. The number of phosphoric ester groups is 1. The Bertz CT molecular complexity index is 1210. The van der Waals surface area contributed by atoms with Crippen LogP contribution in [0.3, 0.4) is 0 Å². The first kappa shape index (κ1) is 36.5. The summed E-state index contributed by atoms with van der Waals surface area (Å²) in [5.74, 6) is 0. The maximum absolute atomic E-state index is 12.4. The van der Waals surface area contributed by atoms with E-state index in [1.807, 2.05) is 6.07 Å². The van der Waals surface area contributed by atoms with Crippen molar-refractivity contribution >= 4 is 13.3 Å². The molecular formula is C31H51N4O8P. The van der Waals surface area contributed by atoms with Gasteiger partial charge >= 0.3 is 7.82 Å². The standard InChI is InChI=1S/C31H51N4O8P/c1-3-4-5-6-7-8-9-10-11-12-13-14-19-40-20-15-16-21-41-44(38,39)42-22-27-29(36)30(37)31(23-32,43-27)28-18-17-26-25(2)33-24-34-35(26)28/h17-18,24,27,29-30,36-37H,3-16,19-22H2,1-2H3,(H,38,39)/t27-,29-,30-,31+/m1/s1. The number of rotatable bonds is 23. The Morgan fingerprint density at radius 2 is 1.55 bits per heavy atom. The maximum Gasteiger partial charge on any atom is 0.472 e. The molecular weight excluding hydrogens is 587 g/mol. The summed E-state index contributed by atoms with van der Waals surface area (Å²) in [5, 5.41) is 35.5. The summed E-state index contributed by atoms with van der Waals surface area (Å²) < 4.78 is 35.3. The number of fused-ring (bicyclic) bond motifs is 1. The lowest BCUT2D eigenvalue weighted by Crippen LogP contribution is -2.41. The van der Waals surface area contributed by atoms with Crippen molar-refractivity contribution in [1.82, 2.24) is 14.6 Å². The molecule has 0 amide bonds. The topological polar surface area (TPSA) is 169 Å². The molecule has 1 aliphatic rings. The molecule has 0 radical (unpaired) electrons. The summed E-state index contributed by atoms with van der Waals surface area (Å²) in [6, 6.07) is 5.18. The number of hydrogen-bond acceptors (Lipinski definition) is 10. The highest BCUT2D eigenvalue weighted by atomic mass is 31.2. The van der Waals surface area contributed by atoms with Gasteiger partial charge in [0.05, 0.1) is 30.1 Å². The second-order valence-corrected chi connectivity index (χ2v) is 13.1. The number of aliphatic hydroxyl groups excluding tert-OH is 2. The maximum atomic E-state index is 12.4. The summed E-state index contributed by atoms with van der Waals surface area (Å²) >= 11 is 0. The van der Waals surface area contributed by atoms with E-state index >= 15 is 0 Å². The fourth-order valence-corrected chi connectivity index (χ4v) is 6.26. The summed E-state index contributed by atoms with van der Waals surface area (Å²) in [5.41, 5.74) is -0.533. The fraction of sp³-hybridized carbons (Fsp3) is 0.774. The van der Waals surface area contributed by atoms with Gasteiger partial charge in [-0.1, -0.05) is 77.6 Å². The number of hydrogen-bond donors (Lipinski definition) is 3. The number of nitriles is 1. The van der Waals surface area contributed by atoms with Crippen molar-refractivity contribution in [3.8, 4) is 6.07 Å². The molecule has 1 saturated heterocycles. The Kier molecular flexibility index (Phi) is 15.7. The minimum absolute atomic E-state index is 0.0101. The SMILES string of the molecule is CCCCCCCCCCCCCCOCCCCOP(=O)(O)OC[C@H]1O[C@@](C#N)(c2ccc3c(C)ncnn23)[C@H](O)[C@@H]1O. The van der Waals surface area contributed by atoms with Crippen molar-refractivity contribution < 1.29 is 38.2 Å². The van der Waals surface area contributed by atoms with Crippen LogP contribution >= 0.6 is 7.82 Å². The van der Waals surface area contributed by atoms with Crippen LogP contribution in [0, 0.1) is 18.3 Å². The predicted octanol–water partition coefficient (Wildman–Crippen LogP) is 5.51. The quantitative estimate of drug-likeness (QED) is 0.104. The summed E-state index contributed by atoms with van der Waals surface area (Å²) in [6.45, 7) is 4.69. The van der Waals surface area contributed by atoms with Crippen LogP contribution in [0.5, 0.6) is 0 Å². The van der Waals surface area contributed by atoms with Gasteiger partial charge in [0.25, 0.3) is 0 Å². The predicted molar refractivity (Wildman–Crippen MR) is 165 cm³/mol. The molecule has 0 aliphatic carbocycles. The molecule has 44 heavy (non-hydrogen) atoms. The van der Waals surface area contributed by atoms with Gasteiger partial charge in [-0.15, -0.1) is 0 Å². The van der Waals surface area contributed by atoms with Crippen LogP contribution in [0.25, 0.3) is 5.52 Å². The van der Waals surface area contributed by atoms with Gasteiger partial charge in [0.1, 0.15) is 30.7 Å². The van der Waals surface area contributed by atoms with Crippen molar-refractivity contribution in [2.45, 2.75) is 128 Å². The van der Waals surface area contributed by atoms with E-state index in [0.29, 0.717) is 37.3 Å². The lowest BCUT2D eigenvalue weighted by molar-refractivity contribution is -0.0643. The Hall–Kier alpha value is -1.94. The Morgan fingerprint density at radius 3 is 2.18 bits per heavy atom. The third-order valence-electron chi connectivity index (χ3n) is 8.13. The molecule has 0 bridgehead atoms. The average Bonchev–Trinajstić information content (AvgIpc) is 3.56. The van der Waals surface area contributed by atoms with Crippen molar-refractivity contribution in [1.29, 1.82) is 5.26 Å². The van der Waals surface area contributed by atoms with Crippen molar-refractivity contribution in [3.63, 3.8) is 0 Å². The van der Waals surface area contributed by atoms with E-state index in [2.05, 4.69) is 17.0 Å². The Labute approximate surface area is 261 Å².